The van der Waals surface area contributed by atoms with Gasteiger partial charge in [0.2, 0.25) is 0 Å². The van der Waals surface area contributed by atoms with Crippen molar-refractivity contribution in [3.8, 4) is 11.3 Å². The fraction of sp³-hybridized carbons (Fsp3) is 0.200. The molecule has 0 atom stereocenters. The van der Waals surface area contributed by atoms with Crippen molar-refractivity contribution in [1.82, 2.24) is 4.98 Å². The fourth-order valence-electron chi connectivity index (χ4n) is 2.44. The van der Waals surface area contributed by atoms with E-state index in [9.17, 15) is 14.7 Å². The van der Waals surface area contributed by atoms with Crippen LogP contribution in [0.25, 0.3) is 11.3 Å². The number of carboxylic acid groups (broad SMARTS) is 1. The minimum absolute atomic E-state index is 0.0229. The average molecular weight is 257 g/mol. The third kappa shape index (κ3) is 2.17. The summed E-state index contributed by atoms with van der Waals surface area (Å²) in [6.45, 7) is 5.15. The molecule has 0 unspecified atom stereocenters. The van der Waals surface area contributed by atoms with E-state index >= 15 is 0 Å². The number of aryl methyl sites for hydroxylation is 1. The van der Waals surface area contributed by atoms with Gasteiger partial charge in [0.1, 0.15) is 0 Å². The van der Waals surface area contributed by atoms with Gasteiger partial charge in [0.05, 0.1) is 11.3 Å². The molecule has 1 aromatic heterocycles. The number of aromatic carboxylic acids is 1. The maximum absolute atomic E-state index is 11.6. The maximum Gasteiger partial charge on any atom is 0.336 e. The summed E-state index contributed by atoms with van der Waals surface area (Å²) in [6.07, 6.45) is 0. The van der Waals surface area contributed by atoms with Gasteiger partial charge in [-0.2, -0.15) is 0 Å². The van der Waals surface area contributed by atoms with E-state index in [2.05, 4.69) is 4.98 Å². The van der Waals surface area contributed by atoms with E-state index < -0.39 is 5.97 Å². The van der Waals surface area contributed by atoms with Crippen molar-refractivity contribution >= 4 is 11.8 Å². The van der Waals surface area contributed by atoms with Gasteiger partial charge < -0.3 is 10.1 Å². The molecule has 0 saturated carbocycles. The molecule has 0 spiro atoms. The van der Waals surface area contributed by atoms with E-state index in [4.69, 9.17) is 0 Å². The highest BCUT2D eigenvalue weighted by Crippen LogP contribution is 2.30. The summed E-state index contributed by atoms with van der Waals surface area (Å²) >= 11 is 0. The molecule has 0 aliphatic heterocycles. The molecule has 0 aliphatic rings. The molecular weight excluding hydrogens is 242 g/mol. The lowest BCUT2D eigenvalue weighted by molar-refractivity contribution is 0.0697. The van der Waals surface area contributed by atoms with Gasteiger partial charge in [0.15, 0.2) is 5.78 Å². The largest absolute Gasteiger partial charge is 0.478 e. The van der Waals surface area contributed by atoms with Crippen LogP contribution in [0.1, 0.15) is 38.9 Å². The van der Waals surface area contributed by atoms with Crippen LogP contribution in [0.5, 0.6) is 0 Å². The van der Waals surface area contributed by atoms with E-state index in [0.29, 0.717) is 16.8 Å². The zero-order valence-electron chi connectivity index (χ0n) is 11.1. The number of carbonyl (C=O) groups is 2. The first kappa shape index (κ1) is 13.1. The number of benzene rings is 1. The Morgan fingerprint density at radius 2 is 1.79 bits per heavy atom. The summed E-state index contributed by atoms with van der Waals surface area (Å²) in [4.78, 5) is 26.0. The summed E-state index contributed by atoms with van der Waals surface area (Å²) in [5.41, 5.74) is 3.71. The van der Waals surface area contributed by atoms with Crippen LogP contribution in [0, 0.1) is 13.8 Å². The fourth-order valence-corrected chi connectivity index (χ4v) is 2.44. The average Bonchev–Trinajstić information content (AvgIpc) is 2.64. The van der Waals surface area contributed by atoms with Crippen LogP contribution in [0.3, 0.4) is 0 Å². The molecule has 2 N–H and O–H groups in total. The Balaban J connectivity index is 2.70. The van der Waals surface area contributed by atoms with E-state index in [-0.39, 0.29) is 11.3 Å². The Morgan fingerprint density at radius 1 is 1.16 bits per heavy atom. The quantitative estimate of drug-likeness (QED) is 0.829. The molecule has 98 valence electrons. The predicted molar refractivity (Wildman–Crippen MR) is 72.7 cm³/mol. The number of aromatic amines is 1. The topological polar surface area (TPSA) is 70.2 Å². The zero-order valence-corrected chi connectivity index (χ0v) is 11.1. The summed E-state index contributed by atoms with van der Waals surface area (Å²) in [5.74, 6) is -1.00. The molecule has 0 fully saturated rings. The van der Waals surface area contributed by atoms with E-state index in [0.717, 1.165) is 11.3 Å². The first-order chi connectivity index (χ1) is 8.93. The molecule has 4 nitrogen and oxygen atoms in total. The van der Waals surface area contributed by atoms with Gasteiger partial charge in [-0.05, 0) is 32.4 Å². The lowest BCUT2D eigenvalue weighted by Crippen LogP contribution is -2.00. The van der Waals surface area contributed by atoms with Gasteiger partial charge in [-0.3, -0.25) is 4.79 Å². The molecule has 1 heterocycles. The summed E-state index contributed by atoms with van der Waals surface area (Å²) < 4.78 is 0. The second-order valence-corrected chi connectivity index (χ2v) is 4.53. The Hall–Kier alpha value is -2.36. The molecule has 0 amide bonds. The Kier molecular flexibility index (Phi) is 3.25. The smallest absolute Gasteiger partial charge is 0.336 e. The molecule has 19 heavy (non-hydrogen) atoms. The molecule has 0 saturated heterocycles. The van der Waals surface area contributed by atoms with Gasteiger partial charge in [-0.25, -0.2) is 4.79 Å². The van der Waals surface area contributed by atoms with Gasteiger partial charge in [-0.15, -0.1) is 0 Å². The molecule has 4 heteroatoms. The number of carbonyl (C=O) groups excluding carboxylic acids is 1. The van der Waals surface area contributed by atoms with Crippen LogP contribution in [-0.4, -0.2) is 21.8 Å². The molecule has 1 aromatic carbocycles. The normalized spacial score (nSPS) is 10.5. The van der Waals surface area contributed by atoms with E-state index in [1.165, 1.54) is 6.92 Å². The van der Waals surface area contributed by atoms with E-state index in [1.54, 1.807) is 24.3 Å². The van der Waals surface area contributed by atoms with Crippen molar-refractivity contribution in [1.29, 1.82) is 0 Å². The number of hydrogen-bond acceptors (Lipinski definition) is 2. The van der Waals surface area contributed by atoms with Gasteiger partial charge in [-0.1, -0.05) is 18.2 Å². The number of aromatic nitrogens is 1. The van der Waals surface area contributed by atoms with Crippen molar-refractivity contribution in [2.75, 3.05) is 0 Å². The van der Waals surface area contributed by atoms with Crippen molar-refractivity contribution < 1.29 is 14.7 Å². The van der Waals surface area contributed by atoms with Crippen molar-refractivity contribution in [2.45, 2.75) is 20.8 Å². The number of ketones is 1. The lowest BCUT2D eigenvalue weighted by Gasteiger charge is -2.05. The van der Waals surface area contributed by atoms with Crippen LogP contribution in [0.4, 0.5) is 0 Å². The summed E-state index contributed by atoms with van der Waals surface area (Å²) in [5, 5.41) is 9.22. The number of nitrogens with one attached hydrogen (secondary N) is 1. The van der Waals surface area contributed by atoms with Crippen LogP contribution in [-0.2, 0) is 0 Å². The second kappa shape index (κ2) is 4.72. The van der Waals surface area contributed by atoms with Crippen LogP contribution in [0.15, 0.2) is 24.3 Å². The monoisotopic (exact) mass is 257 g/mol. The molecule has 2 aromatic rings. The van der Waals surface area contributed by atoms with Crippen LogP contribution < -0.4 is 0 Å². The van der Waals surface area contributed by atoms with E-state index in [1.807, 2.05) is 13.8 Å². The Morgan fingerprint density at radius 3 is 2.32 bits per heavy atom. The van der Waals surface area contributed by atoms with Crippen LogP contribution >= 0.6 is 0 Å². The Labute approximate surface area is 111 Å². The second-order valence-electron chi connectivity index (χ2n) is 4.53. The highest BCUT2D eigenvalue weighted by atomic mass is 16.4. The van der Waals surface area contributed by atoms with Crippen molar-refractivity contribution in [3.05, 3.63) is 46.6 Å². The predicted octanol–water partition coefficient (Wildman–Crippen LogP) is 3.20. The Bertz CT molecular complexity index is 668. The summed E-state index contributed by atoms with van der Waals surface area (Å²) in [6, 6.07) is 6.77. The number of Topliss-reactive ketones (excluding diaryl/α,β-unsaturated/α-hetero) is 1. The highest BCUT2D eigenvalue weighted by Gasteiger charge is 2.19. The molecular formula is C15H15NO3. The molecule has 2 rings (SSSR count). The highest BCUT2D eigenvalue weighted by molar-refractivity contribution is 6.01. The third-order valence-electron chi connectivity index (χ3n) is 3.22. The first-order valence-corrected chi connectivity index (χ1v) is 5.96. The summed E-state index contributed by atoms with van der Waals surface area (Å²) in [7, 11) is 0. The van der Waals surface area contributed by atoms with Crippen molar-refractivity contribution in [2.24, 2.45) is 0 Å². The van der Waals surface area contributed by atoms with Gasteiger partial charge >= 0.3 is 5.97 Å². The SMILES string of the molecule is CC(=O)c1c(C)[nH]c(-c2ccccc2C(=O)O)c1C. The molecule has 0 radical (unpaired) electrons. The van der Waals surface area contributed by atoms with Crippen LogP contribution in [0.2, 0.25) is 0 Å². The zero-order chi connectivity index (χ0) is 14.2. The number of carboxylic acids is 1. The van der Waals surface area contributed by atoms with Gasteiger partial charge in [0.25, 0.3) is 0 Å². The lowest BCUT2D eigenvalue weighted by atomic mass is 9.99. The number of H-pyrrole nitrogens is 1. The first-order valence-electron chi connectivity index (χ1n) is 5.96. The number of hydrogen-bond donors (Lipinski definition) is 2. The maximum atomic E-state index is 11.6. The van der Waals surface area contributed by atoms with Gasteiger partial charge in [0, 0.05) is 16.8 Å². The molecule has 0 aliphatic carbocycles. The third-order valence-corrected chi connectivity index (χ3v) is 3.22. The standard InChI is InChI=1S/C15H15NO3/c1-8-13(10(3)17)9(2)16-14(8)11-6-4-5-7-12(11)15(18)19/h4-7,16H,1-3H3,(H,18,19). The number of rotatable bonds is 3. The molecule has 0 bridgehead atoms. The minimum atomic E-state index is -0.980. The van der Waals surface area contributed by atoms with Crippen molar-refractivity contribution in [3.63, 3.8) is 0 Å². The minimum Gasteiger partial charge on any atom is -0.478 e.